The van der Waals surface area contributed by atoms with E-state index in [2.05, 4.69) is 27.2 Å². The zero-order valence-electron chi connectivity index (χ0n) is 16.7. The third kappa shape index (κ3) is 4.08. The van der Waals surface area contributed by atoms with Crippen LogP contribution in [0, 0.1) is 25.7 Å². The van der Waals surface area contributed by atoms with Crippen molar-refractivity contribution in [1.82, 2.24) is 14.8 Å². The first-order valence-electron chi connectivity index (χ1n) is 9.64. The molecule has 0 aliphatic carbocycles. The van der Waals surface area contributed by atoms with Gasteiger partial charge in [0, 0.05) is 48.1 Å². The Morgan fingerprint density at radius 2 is 2.00 bits per heavy atom. The zero-order chi connectivity index (χ0) is 21.3. The Morgan fingerprint density at radius 3 is 2.77 bits per heavy atom. The maximum absolute atomic E-state index is 14.0. The molecule has 4 rings (SSSR count). The molecule has 0 spiro atoms. The maximum Gasteiger partial charge on any atom is 0.289 e. The molecule has 0 unspecified atom stereocenters. The van der Waals surface area contributed by atoms with Crippen LogP contribution in [0.2, 0.25) is 0 Å². The number of hydrogen-bond donors (Lipinski definition) is 1. The molecule has 2 aromatic heterocycles. The third-order valence-electron chi connectivity index (χ3n) is 4.97. The van der Waals surface area contributed by atoms with E-state index in [-0.39, 0.29) is 17.9 Å². The van der Waals surface area contributed by atoms with Crippen molar-refractivity contribution in [2.45, 2.75) is 39.2 Å². The number of anilines is 1. The van der Waals surface area contributed by atoms with E-state index in [0.29, 0.717) is 24.1 Å². The summed E-state index contributed by atoms with van der Waals surface area (Å²) in [6, 6.07) is 8.35. The van der Waals surface area contributed by atoms with Crippen molar-refractivity contribution in [3.05, 3.63) is 76.2 Å². The van der Waals surface area contributed by atoms with Crippen LogP contribution in [0.1, 0.15) is 51.1 Å². The van der Waals surface area contributed by atoms with E-state index in [1.54, 1.807) is 30.6 Å². The van der Waals surface area contributed by atoms with Crippen LogP contribution in [-0.2, 0) is 12.5 Å². The Labute approximate surface area is 173 Å². The minimum Gasteiger partial charge on any atom is -0.305 e. The second-order valence-electron chi connectivity index (χ2n) is 7.43. The van der Waals surface area contributed by atoms with Crippen molar-refractivity contribution < 1.29 is 13.6 Å². The molecule has 0 bridgehead atoms. The quantitative estimate of drug-likeness (QED) is 0.641. The van der Waals surface area contributed by atoms with Crippen LogP contribution in [0.25, 0.3) is 0 Å². The van der Waals surface area contributed by atoms with Gasteiger partial charge in [0.05, 0.1) is 0 Å². The molecular weight excluding hydrogens is 386 g/mol. The van der Waals surface area contributed by atoms with Crippen LogP contribution in [0.4, 0.5) is 14.6 Å². The Kier molecular flexibility index (Phi) is 5.08. The highest BCUT2D eigenvalue weighted by Crippen LogP contribution is 2.37. The van der Waals surface area contributed by atoms with Crippen LogP contribution >= 0.6 is 0 Å². The fraction of sp³-hybridized carbons (Fsp3) is 0.261. The largest absolute Gasteiger partial charge is 0.305 e. The van der Waals surface area contributed by atoms with Gasteiger partial charge in [0.1, 0.15) is 5.69 Å². The third-order valence-corrected chi connectivity index (χ3v) is 4.97. The molecule has 3 heterocycles. The molecule has 1 amide bonds. The SMILES string of the molecule is Cc1cncc(C#Cc2cc(C(=O)Nc3cc4n(n3)CCCC4(F)F)ccc2C)c1. The number of pyridine rings is 1. The van der Waals surface area contributed by atoms with E-state index in [4.69, 9.17) is 0 Å². The van der Waals surface area contributed by atoms with Crippen molar-refractivity contribution in [2.75, 3.05) is 5.32 Å². The van der Waals surface area contributed by atoms with E-state index >= 15 is 0 Å². The van der Waals surface area contributed by atoms with Gasteiger partial charge in [-0.15, -0.1) is 0 Å². The Hall–Kier alpha value is -3.53. The second-order valence-corrected chi connectivity index (χ2v) is 7.43. The second kappa shape index (κ2) is 7.71. The zero-order valence-corrected chi connectivity index (χ0v) is 16.7. The smallest absolute Gasteiger partial charge is 0.289 e. The molecule has 7 heteroatoms. The molecule has 0 saturated heterocycles. The van der Waals surface area contributed by atoms with Crippen molar-refractivity contribution in [3.8, 4) is 11.8 Å². The van der Waals surface area contributed by atoms with Crippen LogP contribution in [0.15, 0.2) is 42.7 Å². The molecule has 1 aromatic carbocycles. The summed E-state index contributed by atoms with van der Waals surface area (Å²) in [5.74, 6) is 2.91. The number of fused-ring (bicyclic) bond motifs is 1. The molecule has 0 radical (unpaired) electrons. The summed E-state index contributed by atoms with van der Waals surface area (Å²) in [7, 11) is 0. The molecule has 1 aliphatic heterocycles. The minimum atomic E-state index is -2.93. The number of amides is 1. The number of rotatable bonds is 2. The van der Waals surface area contributed by atoms with E-state index in [1.807, 2.05) is 19.9 Å². The number of carbonyl (C=O) groups excluding carboxylic acids is 1. The number of halogens is 2. The van der Waals surface area contributed by atoms with Gasteiger partial charge in [-0.3, -0.25) is 14.5 Å². The van der Waals surface area contributed by atoms with Gasteiger partial charge in [-0.1, -0.05) is 17.9 Å². The van der Waals surface area contributed by atoms with Crippen LogP contribution in [0.5, 0.6) is 0 Å². The predicted octanol–water partition coefficient (Wildman–Crippen LogP) is 4.43. The normalized spacial score (nSPS) is 14.4. The van der Waals surface area contributed by atoms with Crippen molar-refractivity contribution in [1.29, 1.82) is 0 Å². The van der Waals surface area contributed by atoms with Gasteiger partial charge >= 0.3 is 0 Å². The molecule has 1 N–H and O–H groups in total. The number of nitrogens with zero attached hydrogens (tertiary/aromatic N) is 3. The molecule has 0 atom stereocenters. The number of benzene rings is 1. The summed E-state index contributed by atoms with van der Waals surface area (Å²) in [6.07, 6.45) is 3.58. The van der Waals surface area contributed by atoms with Gasteiger partial charge < -0.3 is 5.32 Å². The minimum absolute atomic E-state index is 0.121. The number of hydrogen-bond acceptors (Lipinski definition) is 3. The van der Waals surface area contributed by atoms with Crippen LogP contribution < -0.4 is 5.32 Å². The van der Waals surface area contributed by atoms with Gasteiger partial charge in [-0.05, 0) is 49.6 Å². The van der Waals surface area contributed by atoms with Gasteiger partial charge in [-0.25, -0.2) is 0 Å². The molecule has 152 valence electrons. The molecule has 3 aromatic rings. The Morgan fingerprint density at radius 1 is 1.17 bits per heavy atom. The van der Waals surface area contributed by atoms with Crippen molar-refractivity contribution in [2.24, 2.45) is 0 Å². The van der Waals surface area contributed by atoms with Gasteiger partial charge in [0.2, 0.25) is 0 Å². The summed E-state index contributed by atoms with van der Waals surface area (Å²) in [4.78, 5) is 16.8. The Balaban J connectivity index is 1.56. The van der Waals surface area contributed by atoms with Crippen molar-refractivity contribution >= 4 is 11.7 Å². The highest BCUT2D eigenvalue weighted by atomic mass is 19.3. The lowest BCUT2D eigenvalue weighted by molar-refractivity contribution is -0.0364. The van der Waals surface area contributed by atoms with Gasteiger partial charge in [-0.2, -0.15) is 13.9 Å². The summed E-state index contributed by atoms with van der Waals surface area (Å²) in [6.45, 7) is 4.27. The van der Waals surface area contributed by atoms with Gasteiger partial charge in [0.25, 0.3) is 11.8 Å². The van der Waals surface area contributed by atoms with Crippen molar-refractivity contribution in [3.63, 3.8) is 0 Å². The lowest BCUT2D eigenvalue weighted by Gasteiger charge is -2.22. The lowest BCUT2D eigenvalue weighted by atomic mass is 10.0. The molecule has 5 nitrogen and oxygen atoms in total. The maximum atomic E-state index is 14.0. The van der Waals surface area contributed by atoms with E-state index in [9.17, 15) is 13.6 Å². The average Bonchev–Trinajstić information content (AvgIpc) is 3.11. The highest BCUT2D eigenvalue weighted by Gasteiger charge is 2.38. The summed E-state index contributed by atoms with van der Waals surface area (Å²) >= 11 is 0. The summed E-state index contributed by atoms with van der Waals surface area (Å²) in [5.41, 5.74) is 3.65. The predicted molar refractivity (Wildman–Crippen MR) is 109 cm³/mol. The number of aromatic nitrogens is 3. The molecule has 0 saturated carbocycles. The van der Waals surface area contributed by atoms with Crippen LogP contribution in [-0.4, -0.2) is 20.7 Å². The van der Waals surface area contributed by atoms with Crippen LogP contribution in [0.3, 0.4) is 0 Å². The standard InChI is InChI=1S/C23H20F2N4O/c1-15-10-17(14-26-13-15)5-7-18-11-19(6-4-16(18)2)22(30)27-21-12-20-23(24,25)8-3-9-29(20)28-21/h4,6,10-14H,3,8-9H2,1-2H3,(H,27,28,30). The topological polar surface area (TPSA) is 59.8 Å². The number of aryl methyl sites for hydroxylation is 3. The summed E-state index contributed by atoms with van der Waals surface area (Å²) in [5, 5.41) is 6.72. The first kappa shape index (κ1) is 19.8. The molecule has 0 fully saturated rings. The molecular formula is C23H20F2N4O. The Bertz CT molecular complexity index is 1190. The average molecular weight is 406 g/mol. The molecule has 1 aliphatic rings. The molecule has 30 heavy (non-hydrogen) atoms. The summed E-state index contributed by atoms with van der Waals surface area (Å²) < 4.78 is 29.3. The number of alkyl halides is 2. The monoisotopic (exact) mass is 406 g/mol. The van der Waals surface area contributed by atoms with Gasteiger partial charge in [0.15, 0.2) is 5.82 Å². The highest BCUT2D eigenvalue weighted by molar-refractivity contribution is 6.04. The van der Waals surface area contributed by atoms with E-state index in [0.717, 1.165) is 16.7 Å². The fourth-order valence-corrected chi connectivity index (χ4v) is 3.37. The number of carbonyl (C=O) groups is 1. The fourth-order valence-electron chi connectivity index (χ4n) is 3.37. The first-order valence-corrected chi connectivity index (χ1v) is 9.64. The number of nitrogens with one attached hydrogen (secondary N) is 1. The van der Waals surface area contributed by atoms with E-state index in [1.165, 1.54) is 10.7 Å². The lowest BCUT2D eigenvalue weighted by Crippen LogP contribution is -2.25. The van der Waals surface area contributed by atoms with E-state index < -0.39 is 11.8 Å². The first-order chi connectivity index (χ1) is 14.3.